The van der Waals surface area contributed by atoms with Gasteiger partial charge in [-0.25, -0.2) is 35.4 Å². The van der Waals surface area contributed by atoms with Crippen LogP contribution >= 0.6 is 23.2 Å². The number of fused-ring (bicyclic) bond motifs is 5. The van der Waals surface area contributed by atoms with Gasteiger partial charge in [0.2, 0.25) is 15.9 Å². The first-order valence-electron chi connectivity index (χ1n) is 18.7. The van der Waals surface area contributed by atoms with Gasteiger partial charge in [-0.1, -0.05) is 29.3 Å². The number of carbonyl (C=O) groups excluding carboxylic acids is 1. The van der Waals surface area contributed by atoms with Crippen LogP contribution in [0.15, 0.2) is 65.6 Å². The number of nitrogens with zero attached hydrogens (tertiary/aromatic N) is 7. The maximum absolute atomic E-state index is 15.5. The molecule has 4 heterocycles. The Labute approximate surface area is 360 Å². The van der Waals surface area contributed by atoms with Crippen LogP contribution < -0.4 is 15.6 Å². The Hall–Kier alpha value is -6.06. The molecule has 1 amide bonds. The van der Waals surface area contributed by atoms with Crippen LogP contribution in [0.3, 0.4) is 0 Å². The van der Waals surface area contributed by atoms with E-state index < -0.39 is 93.5 Å². The summed E-state index contributed by atoms with van der Waals surface area (Å²) in [7, 11) is -2.52. The van der Waals surface area contributed by atoms with Crippen molar-refractivity contribution in [1.29, 1.82) is 0 Å². The van der Waals surface area contributed by atoms with Crippen LogP contribution in [0.2, 0.25) is 10.0 Å². The van der Waals surface area contributed by atoms with Crippen LogP contribution in [-0.2, 0) is 40.8 Å². The van der Waals surface area contributed by atoms with Crippen molar-refractivity contribution in [2.45, 2.75) is 43.7 Å². The van der Waals surface area contributed by atoms with Crippen LogP contribution in [-0.4, -0.2) is 54.7 Å². The minimum absolute atomic E-state index is 0.00545. The molecule has 1 saturated carbocycles. The van der Waals surface area contributed by atoms with Gasteiger partial charge in [-0.3, -0.25) is 33.2 Å². The van der Waals surface area contributed by atoms with Crippen molar-refractivity contribution in [2.75, 3.05) is 11.0 Å². The van der Waals surface area contributed by atoms with Crippen molar-refractivity contribution >= 4 is 66.8 Å². The summed E-state index contributed by atoms with van der Waals surface area (Å²) < 4.78 is 133. The highest BCUT2D eigenvalue weighted by atomic mass is 35.5. The summed E-state index contributed by atoms with van der Waals surface area (Å²) in [6.45, 7) is -1.03. The summed E-state index contributed by atoms with van der Waals surface area (Å²) in [6, 6.07) is 8.83. The lowest BCUT2D eigenvalue weighted by Crippen LogP contribution is -2.38. The van der Waals surface area contributed by atoms with Gasteiger partial charge in [0.05, 0.1) is 61.7 Å². The van der Waals surface area contributed by atoms with Gasteiger partial charge in [0, 0.05) is 36.6 Å². The molecule has 0 spiro atoms. The van der Waals surface area contributed by atoms with Gasteiger partial charge < -0.3 is 5.32 Å². The number of halogens is 9. The second-order valence-corrected chi connectivity index (χ2v) is 17.8. The Morgan fingerprint density at radius 2 is 1.71 bits per heavy atom. The molecule has 9 rings (SSSR count). The number of anilines is 1. The van der Waals surface area contributed by atoms with Gasteiger partial charge in [-0.15, -0.1) is 0 Å². The molecule has 0 bridgehead atoms. The highest BCUT2D eigenvalue weighted by Gasteiger charge is 2.67. The number of carbonyl (C=O) groups is 1. The van der Waals surface area contributed by atoms with E-state index in [4.69, 9.17) is 28.2 Å². The monoisotopic (exact) mass is 933 g/mol. The molecule has 3 atom stereocenters. The van der Waals surface area contributed by atoms with Crippen molar-refractivity contribution in [3.63, 3.8) is 0 Å². The second kappa shape index (κ2) is 15.0. The molecule has 0 unspecified atom stereocenters. The van der Waals surface area contributed by atoms with Crippen LogP contribution in [0.5, 0.6) is 0 Å². The molecule has 0 radical (unpaired) electrons. The van der Waals surface area contributed by atoms with Gasteiger partial charge in [-0.05, 0) is 60.4 Å². The molecule has 0 saturated heterocycles. The lowest BCUT2D eigenvalue weighted by atomic mass is 10.0. The molecule has 13 nitrogen and oxygen atoms in total. The van der Waals surface area contributed by atoms with E-state index in [0.29, 0.717) is 10.7 Å². The summed E-state index contributed by atoms with van der Waals surface area (Å²) >= 11 is 12.9. The van der Waals surface area contributed by atoms with Gasteiger partial charge in [0.25, 0.3) is 17.9 Å². The van der Waals surface area contributed by atoms with Crippen molar-refractivity contribution in [1.82, 2.24) is 39.4 Å². The van der Waals surface area contributed by atoms with Crippen molar-refractivity contribution < 1.29 is 43.9 Å². The normalized spacial score (nSPS) is 17.0. The number of alkyl halides is 4. The first kappa shape index (κ1) is 42.3. The van der Waals surface area contributed by atoms with E-state index in [9.17, 15) is 40.0 Å². The summed E-state index contributed by atoms with van der Waals surface area (Å²) in [5, 5.41) is 10.5. The summed E-state index contributed by atoms with van der Waals surface area (Å²) in [6.07, 6.45) is -1.99. The largest absolute Gasteiger partial charge is 0.344 e. The van der Waals surface area contributed by atoms with Crippen LogP contribution in [0.25, 0.3) is 38.8 Å². The zero-order valence-electron chi connectivity index (χ0n) is 32.3. The number of benzene rings is 3. The Kier molecular flexibility index (Phi) is 10.1. The number of hydrogen-bond acceptors (Lipinski definition) is 8. The van der Waals surface area contributed by atoms with E-state index in [2.05, 4.69) is 25.2 Å². The number of hydrogen-bond donors (Lipinski definition) is 2. The smallest absolute Gasteiger partial charge is 0.293 e. The molecule has 326 valence electrons. The molecule has 1 fully saturated rings. The zero-order chi connectivity index (χ0) is 45.0. The van der Waals surface area contributed by atoms with Crippen LogP contribution in [0.4, 0.5) is 36.6 Å². The van der Waals surface area contributed by atoms with Gasteiger partial charge in [-0.2, -0.15) is 19.0 Å². The van der Waals surface area contributed by atoms with Gasteiger partial charge in [0.15, 0.2) is 5.82 Å². The molecule has 23 heteroatoms. The van der Waals surface area contributed by atoms with E-state index in [-0.39, 0.29) is 78.0 Å². The molecule has 2 N–H and O–H groups in total. The average molecular weight is 935 g/mol. The summed E-state index contributed by atoms with van der Waals surface area (Å²) in [4.78, 5) is 38.0. The first-order chi connectivity index (χ1) is 29.7. The number of aryl methyl sites for hydroxylation is 1. The van der Waals surface area contributed by atoms with E-state index in [1.165, 1.54) is 42.1 Å². The van der Waals surface area contributed by atoms with Gasteiger partial charge in [0.1, 0.15) is 41.2 Å². The fourth-order valence-electron chi connectivity index (χ4n) is 8.35. The number of pyridine rings is 1. The number of nitrogens with one attached hydrogen (secondary N) is 2. The second-order valence-electron chi connectivity index (χ2n) is 15.2. The van der Waals surface area contributed by atoms with Crippen LogP contribution in [0.1, 0.15) is 53.1 Å². The summed E-state index contributed by atoms with van der Waals surface area (Å²) in [5.41, 5.74) is -2.60. The van der Waals surface area contributed by atoms with E-state index in [0.717, 1.165) is 35.2 Å². The maximum Gasteiger partial charge on any atom is 0.293 e. The van der Waals surface area contributed by atoms with Crippen LogP contribution in [0, 0.1) is 23.4 Å². The lowest BCUT2D eigenvalue weighted by molar-refractivity contribution is -0.123. The third kappa shape index (κ3) is 7.44. The maximum atomic E-state index is 15.5. The van der Waals surface area contributed by atoms with Gasteiger partial charge >= 0.3 is 0 Å². The number of amides is 1. The predicted octanol–water partition coefficient (Wildman–Crippen LogP) is 7.87. The Balaban J connectivity index is 1.26. The molecule has 4 aromatic heterocycles. The minimum Gasteiger partial charge on any atom is -0.344 e. The predicted molar refractivity (Wildman–Crippen MR) is 216 cm³/mol. The standard InChI is InChI=1S/C40H28Cl2F7N9O4S/c1-56-34-28(6-5-24(41)31(34)37(54-56)55-63(2,61)62)58-38(52-26-10-17(3-4-21(26)39(58)60)32-25(42)12-20(45)14-50-32)27(9-16-7-18(43)11-19(44)8-16)51-29(59)15-57-35-30(33(53-57)36(46)47)22-13-23(22)40(35,48)49/h3-8,10-12,14,22-23,27,36H,9,13,15H2,1-2H3,(H,51,59)(H,54,55)/t22-,23+,27-/m0/s1. The highest BCUT2D eigenvalue weighted by molar-refractivity contribution is 7.92. The quantitative estimate of drug-likeness (QED) is 0.124. The Morgan fingerprint density at radius 3 is 2.40 bits per heavy atom. The molecule has 2 aliphatic carbocycles. The topological polar surface area (TPSA) is 159 Å². The molecule has 3 aromatic carbocycles. The third-order valence-electron chi connectivity index (χ3n) is 10.9. The Morgan fingerprint density at radius 1 is 0.984 bits per heavy atom. The van der Waals surface area contributed by atoms with E-state index >= 15 is 8.78 Å². The third-order valence-corrected chi connectivity index (χ3v) is 12.1. The van der Waals surface area contributed by atoms with Crippen molar-refractivity contribution in [3.05, 3.63) is 127 Å². The first-order valence-corrected chi connectivity index (χ1v) is 21.4. The number of rotatable bonds is 11. The molecular weight excluding hydrogens is 906 g/mol. The molecular formula is C40H28Cl2F7N9O4S. The molecule has 7 aromatic rings. The highest BCUT2D eigenvalue weighted by Crippen LogP contribution is 2.68. The Bertz CT molecular complexity index is 3250. The number of sulfonamides is 1. The lowest BCUT2D eigenvalue weighted by Gasteiger charge is -2.24. The fourth-order valence-corrected chi connectivity index (χ4v) is 9.35. The summed E-state index contributed by atoms with van der Waals surface area (Å²) in [5.74, 6) is -10.1. The fraction of sp³-hybridized carbons (Fsp3) is 0.250. The molecule has 0 aliphatic heterocycles. The SMILES string of the molecule is Cn1nc(NS(C)(=O)=O)c2c(Cl)ccc(-n3c([C@H](Cc4cc(F)cc(F)c4)NC(=O)Cn4nc(C(F)F)c5c4C(F)(F)[C@@H]4C[C@H]54)nc4cc(-c5ncc(F)cc5Cl)ccc4c3=O)c21. The molecule has 63 heavy (non-hydrogen) atoms. The van der Waals surface area contributed by atoms with Crippen molar-refractivity contribution in [3.8, 4) is 16.9 Å². The average Bonchev–Trinajstić information content (AvgIpc) is 3.72. The zero-order valence-corrected chi connectivity index (χ0v) is 34.6. The van der Waals surface area contributed by atoms with Crippen molar-refractivity contribution in [2.24, 2.45) is 13.0 Å². The van der Waals surface area contributed by atoms with E-state index in [1.54, 1.807) is 0 Å². The number of aromatic nitrogens is 7. The molecule has 2 aliphatic rings. The van der Waals surface area contributed by atoms with E-state index in [1.807, 2.05) is 0 Å². The minimum atomic E-state index is -3.94.